The summed E-state index contributed by atoms with van der Waals surface area (Å²) in [6.07, 6.45) is 5.06. The summed E-state index contributed by atoms with van der Waals surface area (Å²) in [6, 6.07) is 20.8. The van der Waals surface area contributed by atoms with Crippen molar-refractivity contribution in [2.75, 3.05) is 11.9 Å². The van der Waals surface area contributed by atoms with Crippen molar-refractivity contribution in [2.24, 2.45) is 0 Å². The van der Waals surface area contributed by atoms with E-state index in [1.54, 1.807) is 24.5 Å². The number of nitrogens with zero attached hydrogens (tertiary/aromatic N) is 4. The van der Waals surface area contributed by atoms with Crippen LogP contribution in [0.1, 0.15) is 35.1 Å². The quantitative estimate of drug-likeness (QED) is 0.451. The Balaban J connectivity index is 1.53. The van der Waals surface area contributed by atoms with E-state index in [0.717, 1.165) is 18.4 Å². The Kier molecular flexibility index (Phi) is 5.76. The van der Waals surface area contributed by atoms with E-state index >= 15 is 0 Å². The molecule has 2 aromatic carbocycles. The third-order valence-electron chi connectivity index (χ3n) is 5.65. The zero-order valence-electron chi connectivity index (χ0n) is 17.9. The molecule has 164 valence electrons. The number of nitrogens with one attached hydrogen (secondary N) is 1. The van der Waals surface area contributed by atoms with Gasteiger partial charge < -0.3 is 10.2 Å². The van der Waals surface area contributed by atoms with Crippen molar-refractivity contribution in [3.05, 3.63) is 102 Å². The lowest BCUT2D eigenvalue weighted by molar-refractivity contribution is 0.0730. The summed E-state index contributed by atoms with van der Waals surface area (Å²) < 4.78 is 13.7. The zero-order valence-corrected chi connectivity index (χ0v) is 17.9. The lowest BCUT2D eigenvalue weighted by Gasteiger charge is -2.24. The average Bonchev–Trinajstić information content (AvgIpc) is 3.35. The molecule has 4 aromatic rings. The summed E-state index contributed by atoms with van der Waals surface area (Å²) in [5.74, 6) is 0.733. The van der Waals surface area contributed by atoms with Crippen LogP contribution in [0.25, 0.3) is 11.3 Å². The first-order valence-corrected chi connectivity index (χ1v) is 10.9. The van der Waals surface area contributed by atoms with Crippen LogP contribution >= 0.6 is 0 Å². The number of pyridine rings is 1. The number of carbonyl (C=O) groups is 1. The molecule has 0 bridgehead atoms. The summed E-state index contributed by atoms with van der Waals surface area (Å²) >= 11 is 0. The maximum absolute atomic E-state index is 13.7. The maximum Gasteiger partial charge on any atom is 0.254 e. The normalized spacial score (nSPS) is 15.4. The molecule has 0 aliphatic carbocycles. The van der Waals surface area contributed by atoms with E-state index in [9.17, 15) is 9.18 Å². The summed E-state index contributed by atoms with van der Waals surface area (Å²) in [6.45, 7) is 0.647. The van der Waals surface area contributed by atoms with E-state index in [2.05, 4.69) is 10.3 Å². The van der Waals surface area contributed by atoms with Crippen molar-refractivity contribution in [2.45, 2.75) is 18.9 Å². The number of hydrogen-bond donors (Lipinski definition) is 1. The fraction of sp³-hybridized carbons (Fsp3) is 0.154. The van der Waals surface area contributed by atoms with E-state index in [0.29, 0.717) is 35.1 Å². The van der Waals surface area contributed by atoms with Crippen LogP contribution in [-0.2, 0) is 0 Å². The molecule has 1 N–H and O–H groups in total. The van der Waals surface area contributed by atoms with Gasteiger partial charge in [-0.05, 0) is 55.3 Å². The summed E-state index contributed by atoms with van der Waals surface area (Å²) in [4.78, 5) is 28.7. The average molecular weight is 439 g/mol. The van der Waals surface area contributed by atoms with E-state index < -0.39 is 0 Å². The predicted molar refractivity (Wildman–Crippen MR) is 124 cm³/mol. The molecule has 3 heterocycles. The molecule has 0 unspecified atom stereocenters. The van der Waals surface area contributed by atoms with Crippen LogP contribution in [0.2, 0.25) is 0 Å². The Morgan fingerprint density at radius 2 is 1.79 bits per heavy atom. The fourth-order valence-corrected chi connectivity index (χ4v) is 4.09. The summed E-state index contributed by atoms with van der Waals surface area (Å²) in [5, 5.41) is 3.18. The smallest absolute Gasteiger partial charge is 0.254 e. The molecule has 1 atom stereocenters. The molecule has 33 heavy (non-hydrogen) atoms. The second-order valence-corrected chi connectivity index (χ2v) is 7.89. The highest BCUT2D eigenvalue weighted by Crippen LogP contribution is 2.33. The van der Waals surface area contributed by atoms with Crippen LogP contribution in [0, 0.1) is 5.82 Å². The molecule has 5 rings (SSSR count). The number of rotatable bonds is 5. The Morgan fingerprint density at radius 3 is 2.58 bits per heavy atom. The van der Waals surface area contributed by atoms with Crippen molar-refractivity contribution in [1.29, 1.82) is 0 Å². The van der Waals surface area contributed by atoms with Gasteiger partial charge in [-0.1, -0.05) is 24.3 Å². The van der Waals surface area contributed by atoms with Gasteiger partial charge in [-0.15, -0.1) is 0 Å². The molecule has 6 nitrogen and oxygen atoms in total. The van der Waals surface area contributed by atoms with E-state index in [-0.39, 0.29) is 17.8 Å². The molecule has 1 aliphatic rings. The third-order valence-corrected chi connectivity index (χ3v) is 5.65. The SMILES string of the molecule is O=C(c1ccccc1)N1CCC[C@@H]1c1nc(Nc2cccc(F)c2)cc(-c2ccncc2)n1. The number of carbonyl (C=O) groups excluding carboxylic acids is 1. The van der Waals surface area contributed by atoms with Crippen molar-refractivity contribution in [1.82, 2.24) is 19.9 Å². The Bertz CT molecular complexity index is 1270. The molecule has 7 heteroatoms. The maximum atomic E-state index is 13.7. The fourth-order valence-electron chi connectivity index (χ4n) is 4.09. The highest BCUT2D eigenvalue weighted by molar-refractivity contribution is 5.94. The molecule has 1 saturated heterocycles. The molecule has 0 radical (unpaired) electrons. The Morgan fingerprint density at radius 1 is 0.970 bits per heavy atom. The van der Waals surface area contributed by atoms with Crippen molar-refractivity contribution < 1.29 is 9.18 Å². The van der Waals surface area contributed by atoms with Crippen molar-refractivity contribution in [3.8, 4) is 11.3 Å². The van der Waals surface area contributed by atoms with Gasteiger partial charge >= 0.3 is 0 Å². The molecule has 0 saturated carbocycles. The van der Waals surface area contributed by atoms with Gasteiger partial charge in [0.2, 0.25) is 0 Å². The lowest BCUT2D eigenvalue weighted by Crippen LogP contribution is -2.31. The first-order valence-electron chi connectivity index (χ1n) is 10.9. The summed E-state index contributed by atoms with van der Waals surface area (Å²) in [7, 11) is 0. The second kappa shape index (κ2) is 9.16. The molecule has 1 amide bonds. The van der Waals surface area contributed by atoms with Gasteiger partial charge in [-0.2, -0.15) is 0 Å². The van der Waals surface area contributed by atoms with E-state index in [1.807, 2.05) is 53.4 Å². The van der Waals surface area contributed by atoms with E-state index in [1.165, 1.54) is 12.1 Å². The largest absolute Gasteiger partial charge is 0.340 e. The highest BCUT2D eigenvalue weighted by atomic mass is 19.1. The van der Waals surface area contributed by atoms with Crippen LogP contribution in [0.3, 0.4) is 0 Å². The standard InChI is InChI=1S/C26H22FN5O/c27-20-8-4-9-21(16-20)29-24-17-22(18-11-13-28-14-12-18)30-25(31-24)23-10-5-15-32(23)26(33)19-6-2-1-3-7-19/h1-4,6-9,11-14,16-17,23H,5,10,15H2,(H,29,30,31)/t23-/m1/s1. The monoisotopic (exact) mass is 439 g/mol. The van der Waals surface area contributed by atoms with Gasteiger partial charge in [0.1, 0.15) is 11.6 Å². The van der Waals surface area contributed by atoms with Crippen LogP contribution in [0.5, 0.6) is 0 Å². The first kappa shape index (κ1) is 20.8. The Labute approximate surface area is 191 Å². The first-order chi connectivity index (χ1) is 16.2. The minimum atomic E-state index is -0.334. The molecule has 1 aliphatic heterocycles. The number of hydrogen-bond acceptors (Lipinski definition) is 5. The molecular weight excluding hydrogens is 417 g/mol. The van der Waals surface area contributed by atoms with Gasteiger partial charge in [0, 0.05) is 41.8 Å². The van der Waals surface area contributed by atoms with Gasteiger partial charge in [0.25, 0.3) is 5.91 Å². The van der Waals surface area contributed by atoms with Crippen molar-refractivity contribution in [3.63, 3.8) is 0 Å². The number of amides is 1. The number of halogens is 1. The minimum Gasteiger partial charge on any atom is -0.340 e. The second-order valence-electron chi connectivity index (χ2n) is 7.89. The zero-order chi connectivity index (χ0) is 22.6. The Hall–Kier alpha value is -4.13. The van der Waals surface area contributed by atoms with E-state index in [4.69, 9.17) is 9.97 Å². The third kappa shape index (κ3) is 4.57. The predicted octanol–water partition coefficient (Wildman–Crippen LogP) is 5.40. The number of aromatic nitrogens is 3. The van der Waals surface area contributed by atoms with Crippen molar-refractivity contribution >= 4 is 17.4 Å². The molecular formula is C26H22FN5O. The number of anilines is 2. The van der Waals surface area contributed by atoms with Crippen LogP contribution in [0.4, 0.5) is 15.9 Å². The topological polar surface area (TPSA) is 71.0 Å². The van der Waals surface area contributed by atoms with Gasteiger partial charge in [0.15, 0.2) is 5.82 Å². The van der Waals surface area contributed by atoms with Gasteiger partial charge in [0.05, 0.1) is 11.7 Å². The van der Waals surface area contributed by atoms with Gasteiger partial charge in [-0.3, -0.25) is 9.78 Å². The lowest BCUT2D eigenvalue weighted by atomic mass is 10.1. The molecule has 0 spiro atoms. The van der Waals surface area contributed by atoms with Crippen LogP contribution in [-0.4, -0.2) is 32.3 Å². The van der Waals surface area contributed by atoms with Crippen LogP contribution in [0.15, 0.2) is 85.2 Å². The number of benzene rings is 2. The van der Waals surface area contributed by atoms with Crippen LogP contribution < -0.4 is 5.32 Å². The molecule has 1 fully saturated rings. The summed E-state index contributed by atoms with van der Waals surface area (Å²) in [5.41, 5.74) is 2.83. The molecule has 2 aromatic heterocycles. The number of likely N-dealkylation sites (tertiary alicyclic amines) is 1. The highest BCUT2D eigenvalue weighted by Gasteiger charge is 2.33. The van der Waals surface area contributed by atoms with Gasteiger partial charge in [-0.25, -0.2) is 14.4 Å². The minimum absolute atomic E-state index is 0.0318.